The Morgan fingerprint density at radius 3 is 2.42 bits per heavy atom. The van der Waals surface area contributed by atoms with Crippen LogP contribution in [0.3, 0.4) is 0 Å². The van der Waals surface area contributed by atoms with Crippen molar-refractivity contribution in [1.29, 1.82) is 0 Å². The molecule has 2 aromatic carbocycles. The molecule has 1 aliphatic heterocycles. The molecule has 7 heteroatoms. The van der Waals surface area contributed by atoms with Gasteiger partial charge in [-0.05, 0) is 49.2 Å². The molecule has 1 atom stereocenters. The summed E-state index contributed by atoms with van der Waals surface area (Å²) in [5.74, 6) is -1.25. The molecule has 0 spiro atoms. The van der Waals surface area contributed by atoms with Gasteiger partial charge in [0, 0.05) is 10.6 Å². The van der Waals surface area contributed by atoms with Crippen LogP contribution in [0.1, 0.15) is 31.0 Å². The Morgan fingerprint density at radius 1 is 1.13 bits per heavy atom. The number of amides is 1. The van der Waals surface area contributed by atoms with Crippen molar-refractivity contribution in [2.45, 2.75) is 19.9 Å². The van der Waals surface area contributed by atoms with Crippen LogP contribution in [-0.2, 0) is 9.59 Å². The zero-order valence-electron chi connectivity index (χ0n) is 18.0. The number of hydrogen-bond donors (Lipinski definition) is 1. The van der Waals surface area contributed by atoms with Gasteiger partial charge in [-0.25, -0.2) is 0 Å². The first-order valence-corrected chi connectivity index (χ1v) is 10.8. The first kappa shape index (κ1) is 22.8. The third kappa shape index (κ3) is 4.75. The quantitative estimate of drug-likeness (QED) is 0.382. The number of methoxy groups -OCH3 is 1. The average molecular weight is 443 g/mol. The Bertz CT molecular complexity index is 983. The van der Waals surface area contributed by atoms with Crippen LogP contribution in [0.2, 0.25) is 5.02 Å². The van der Waals surface area contributed by atoms with Crippen LogP contribution in [0.15, 0.2) is 54.1 Å². The number of halogens is 1. The van der Waals surface area contributed by atoms with E-state index < -0.39 is 23.5 Å². The number of likely N-dealkylation sites (N-methyl/N-ethyl adjacent to an activating group) is 1. The highest BCUT2D eigenvalue weighted by atomic mass is 35.5. The van der Waals surface area contributed by atoms with E-state index in [1.807, 2.05) is 6.07 Å². The lowest BCUT2D eigenvalue weighted by molar-refractivity contribution is -0.895. The maximum atomic E-state index is 13.3. The van der Waals surface area contributed by atoms with Crippen LogP contribution in [-0.4, -0.2) is 49.9 Å². The Labute approximate surface area is 187 Å². The standard InChI is InChI=1S/C24H27ClN2O4/c1-4-26(5-2)13-14-27-21(17-7-6-8-19(15-17)31-3)20(23(29)24(27)30)22(28)16-9-11-18(25)12-10-16/h6-12,15,21,28H,4-5,13-14H2,1-3H3. The lowest BCUT2D eigenvalue weighted by atomic mass is 9.95. The van der Waals surface area contributed by atoms with Crippen LogP contribution < -0.4 is 14.7 Å². The molecule has 1 aliphatic rings. The number of ketones is 1. The Kier molecular flexibility index (Phi) is 7.36. The Balaban J connectivity index is 2.11. The van der Waals surface area contributed by atoms with E-state index in [0.29, 0.717) is 35.0 Å². The lowest BCUT2D eigenvalue weighted by Crippen LogP contribution is -3.12. The van der Waals surface area contributed by atoms with E-state index in [-0.39, 0.29) is 5.57 Å². The van der Waals surface area contributed by atoms with Gasteiger partial charge in [0.15, 0.2) is 0 Å². The van der Waals surface area contributed by atoms with Gasteiger partial charge in [-0.1, -0.05) is 41.6 Å². The summed E-state index contributed by atoms with van der Waals surface area (Å²) < 4.78 is 5.33. The number of quaternary nitrogens is 1. The summed E-state index contributed by atoms with van der Waals surface area (Å²) in [7, 11) is 1.55. The maximum absolute atomic E-state index is 13.3. The number of likely N-dealkylation sites (tertiary alicyclic amines) is 1. The van der Waals surface area contributed by atoms with E-state index in [1.54, 1.807) is 49.6 Å². The molecule has 1 fully saturated rings. The lowest BCUT2D eigenvalue weighted by Gasteiger charge is -2.28. The zero-order chi connectivity index (χ0) is 22.5. The van der Waals surface area contributed by atoms with Crippen molar-refractivity contribution in [1.82, 2.24) is 4.90 Å². The van der Waals surface area contributed by atoms with E-state index in [2.05, 4.69) is 13.8 Å². The van der Waals surface area contributed by atoms with Crippen molar-refractivity contribution in [3.63, 3.8) is 0 Å². The van der Waals surface area contributed by atoms with Crippen molar-refractivity contribution in [3.05, 3.63) is 70.3 Å². The van der Waals surface area contributed by atoms with Crippen LogP contribution >= 0.6 is 11.6 Å². The minimum Gasteiger partial charge on any atom is -0.872 e. The molecule has 1 unspecified atom stereocenters. The fourth-order valence-corrected chi connectivity index (χ4v) is 4.02. The zero-order valence-corrected chi connectivity index (χ0v) is 18.7. The van der Waals surface area contributed by atoms with E-state index in [0.717, 1.165) is 13.1 Å². The highest BCUT2D eigenvalue weighted by molar-refractivity contribution is 6.46. The predicted molar refractivity (Wildman–Crippen MR) is 118 cm³/mol. The molecule has 1 heterocycles. The molecule has 0 aliphatic carbocycles. The van der Waals surface area contributed by atoms with Gasteiger partial charge in [0.1, 0.15) is 5.75 Å². The molecule has 2 aromatic rings. The molecule has 0 radical (unpaired) electrons. The van der Waals surface area contributed by atoms with Gasteiger partial charge < -0.3 is 19.6 Å². The minimum absolute atomic E-state index is 0.0323. The number of carbonyl (C=O) groups excluding carboxylic acids is 2. The first-order valence-electron chi connectivity index (χ1n) is 10.4. The molecule has 1 saturated heterocycles. The molecule has 164 valence electrons. The summed E-state index contributed by atoms with van der Waals surface area (Å²) in [6.07, 6.45) is 0. The number of ether oxygens (including phenoxy) is 1. The number of rotatable bonds is 8. The molecule has 0 aromatic heterocycles. The summed E-state index contributed by atoms with van der Waals surface area (Å²) >= 11 is 5.94. The summed E-state index contributed by atoms with van der Waals surface area (Å²) in [6, 6.07) is 12.7. The highest BCUT2D eigenvalue weighted by Gasteiger charge is 2.44. The fourth-order valence-electron chi connectivity index (χ4n) is 3.90. The Morgan fingerprint density at radius 2 is 1.81 bits per heavy atom. The van der Waals surface area contributed by atoms with Gasteiger partial charge in [-0.3, -0.25) is 9.59 Å². The number of nitrogens with zero attached hydrogens (tertiary/aromatic N) is 1. The predicted octanol–water partition coefficient (Wildman–Crippen LogP) is 1.50. The molecule has 1 N–H and O–H groups in total. The van der Waals surface area contributed by atoms with Crippen molar-refractivity contribution in [3.8, 4) is 5.75 Å². The third-order valence-corrected chi connectivity index (χ3v) is 6.00. The number of benzene rings is 2. The number of nitrogens with one attached hydrogen (secondary N) is 1. The Hall–Kier alpha value is -2.83. The van der Waals surface area contributed by atoms with Crippen molar-refractivity contribution in [2.75, 3.05) is 33.3 Å². The summed E-state index contributed by atoms with van der Waals surface area (Å²) in [5, 5.41) is 13.8. The summed E-state index contributed by atoms with van der Waals surface area (Å²) in [5.41, 5.74) is 0.963. The average Bonchev–Trinajstić information content (AvgIpc) is 3.04. The van der Waals surface area contributed by atoms with Gasteiger partial charge in [0.25, 0.3) is 5.91 Å². The van der Waals surface area contributed by atoms with Crippen molar-refractivity contribution >= 4 is 29.1 Å². The van der Waals surface area contributed by atoms with Crippen LogP contribution in [0.25, 0.3) is 5.76 Å². The van der Waals surface area contributed by atoms with E-state index in [4.69, 9.17) is 16.3 Å². The number of Topliss-reactive ketones (excluding diaryl/α,β-unsaturated/α-hetero) is 1. The molecule has 0 bridgehead atoms. The van der Waals surface area contributed by atoms with E-state index >= 15 is 0 Å². The molecule has 6 nitrogen and oxygen atoms in total. The van der Waals surface area contributed by atoms with Gasteiger partial charge in [-0.15, -0.1) is 0 Å². The SMILES string of the molecule is CC[NH+](CC)CCN1C(=O)C(=O)C(=C([O-])c2ccc(Cl)cc2)C1c1cccc(OC)c1. The second kappa shape index (κ2) is 9.98. The second-order valence-electron chi connectivity index (χ2n) is 7.46. The van der Waals surface area contributed by atoms with Crippen LogP contribution in [0, 0.1) is 0 Å². The first-order chi connectivity index (χ1) is 14.9. The van der Waals surface area contributed by atoms with Gasteiger partial charge >= 0.3 is 0 Å². The normalized spacial score (nSPS) is 18.1. The monoisotopic (exact) mass is 442 g/mol. The summed E-state index contributed by atoms with van der Waals surface area (Å²) in [4.78, 5) is 28.8. The number of hydrogen-bond acceptors (Lipinski definition) is 4. The smallest absolute Gasteiger partial charge is 0.295 e. The minimum atomic E-state index is -0.756. The second-order valence-corrected chi connectivity index (χ2v) is 7.90. The molecule has 1 amide bonds. The van der Waals surface area contributed by atoms with E-state index in [9.17, 15) is 14.7 Å². The third-order valence-electron chi connectivity index (χ3n) is 5.75. The van der Waals surface area contributed by atoms with Crippen molar-refractivity contribution < 1.29 is 24.3 Å². The maximum Gasteiger partial charge on any atom is 0.295 e. The largest absolute Gasteiger partial charge is 0.872 e. The molecule has 3 rings (SSSR count). The molecule has 0 saturated carbocycles. The fraction of sp³-hybridized carbons (Fsp3) is 0.333. The van der Waals surface area contributed by atoms with Crippen LogP contribution in [0.4, 0.5) is 0 Å². The van der Waals surface area contributed by atoms with Gasteiger partial charge in [-0.2, -0.15) is 0 Å². The van der Waals surface area contributed by atoms with Gasteiger partial charge in [0.2, 0.25) is 5.78 Å². The number of carbonyl (C=O) groups is 2. The highest BCUT2D eigenvalue weighted by Crippen LogP contribution is 2.39. The van der Waals surface area contributed by atoms with Crippen LogP contribution in [0.5, 0.6) is 5.75 Å². The van der Waals surface area contributed by atoms with Crippen molar-refractivity contribution in [2.24, 2.45) is 0 Å². The molecular formula is C24H27ClN2O4. The molecular weight excluding hydrogens is 416 g/mol. The molecule has 31 heavy (non-hydrogen) atoms. The topological polar surface area (TPSA) is 74.1 Å². The van der Waals surface area contributed by atoms with Gasteiger partial charge in [0.05, 0.1) is 39.3 Å². The summed E-state index contributed by atoms with van der Waals surface area (Å²) in [6.45, 7) is 7.05. The van der Waals surface area contributed by atoms with E-state index in [1.165, 1.54) is 9.80 Å².